The normalized spacial score (nSPS) is 11.7. The fourth-order valence-electron chi connectivity index (χ4n) is 2.45. The summed E-state index contributed by atoms with van der Waals surface area (Å²) in [5.74, 6) is 0.111. The van der Waals surface area contributed by atoms with Crippen molar-refractivity contribution in [2.45, 2.75) is 18.9 Å². The molecule has 0 bridgehead atoms. The Labute approximate surface area is 137 Å². The van der Waals surface area contributed by atoms with E-state index in [1.165, 1.54) is 0 Å². The van der Waals surface area contributed by atoms with Crippen molar-refractivity contribution in [2.24, 2.45) is 0 Å². The van der Waals surface area contributed by atoms with Crippen molar-refractivity contribution in [3.05, 3.63) is 66.0 Å². The van der Waals surface area contributed by atoms with Crippen LogP contribution in [0, 0.1) is 0 Å². The molecule has 0 saturated heterocycles. The third-order valence-corrected chi connectivity index (χ3v) is 3.76. The quantitative estimate of drug-likeness (QED) is 0.825. The van der Waals surface area contributed by atoms with Gasteiger partial charge in [-0.05, 0) is 29.7 Å². The van der Waals surface area contributed by atoms with Gasteiger partial charge in [0.25, 0.3) is 0 Å². The molecule has 0 aliphatic carbocycles. The molecule has 1 aromatic carbocycles. The Hall–Kier alpha value is -2.40. The molecule has 1 atom stereocenters. The lowest BCUT2D eigenvalue weighted by Gasteiger charge is -2.21. The van der Waals surface area contributed by atoms with Crippen LogP contribution in [0.5, 0.6) is 0 Å². The summed E-state index contributed by atoms with van der Waals surface area (Å²) in [6.45, 7) is 1.14. The van der Waals surface area contributed by atoms with Gasteiger partial charge in [0.05, 0.1) is 0 Å². The Bertz CT molecular complexity index is 590. The number of pyridine rings is 1. The highest BCUT2D eigenvalue weighted by Gasteiger charge is 2.14. The van der Waals surface area contributed by atoms with Crippen LogP contribution in [-0.2, 0) is 6.54 Å². The van der Waals surface area contributed by atoms with Gasteiger partial charge >= 0.3 is 6.03 Å². The highest BCUT2D eigenvalue weighted by atomic mass is 16.3. The topological polar surface area (TPSA) is 65.5 Å². The SMILES string of the molecule is CN(Cc1ccncc1)C(=O)NCC(CCO)c1ccccc1. The first-order valence-corrected chi connectivity index (χ1v) is 7.74. The van der Waals surface area contributed by atoms with Crippen LogP contribution >= 0.6 is 0 Å². The molecule has 0 aliphatic heterocycles. The van der Waals surface area contributed by atoms with Gasteiger partial charge < -0.3 is 15.3 Å². The number of nitrogens with one attached hydrogen (secondary N) is 1. The van der Waals surface area contributed by atoms with E-state index in [4.69, 9.17) is 0 Å². The van der Waals surface area contributed by atoms with Gasteiger partial charge in [-0.2, -0.15) is 0 Å². The fraction of sp³-hybridized carbons (Fsp3) is 0.333. The molecule has 1 aromatic heterocycles. The number of benzene rings is 1. The zero-order chi connectivity index (χ0) is 16.5. The smallest absolute Gasteiger partial charge is 0.317 e. The molecule has 23 heavy (non-hydrogen) atoms. The van der Waals surface area contributed by atoms with Gasteiger partial charge in [0, 0.05) is 45.1 Å². The van der Waals surface area contributed by atoms with Gasteiger partial charge in [-0.15, -0.1) is 0 Å². The summed E-state index contributed by atoms with van der Waals surface area (Å²) in [7, 11) is 1.76. The molecule has 122 valence electrons. The summed E-state index contributed by atoms with van der Waals surface area (Å²) in [5.41, 5.74) is 2.16. The predicted molar refractivity (Wildman–Crippen MR) is 90.0 cm³/mol. The van der Waals surface area contributed by atoms with Gasteiger partial charge in [-0.3, -0.25) is 4.98 Å². The number of nitrogens with zero attached hydrogens (tertiary/aromatic N) is 2. The predicted octanol–water partition coefficient (Wildman–Crippen LogP) is 2.39. The van der Waals surface area contributed by atoms with Crippen LogP contribution in [0.25, 0.3) is 0 Å². The van der Waals surface area contributed by atoms with Gasteiger partial charge in [-0.1, -0.05) is 30.3 Å². The van der Waals surface area contributed by atoms with Crippen molar-refractivity contribution in [3.8, 4) is 0 Å². The number of hydrogen-bond donors (Lipinski definition) is 2. The van der Waals surface area contributed by atoms with E-state index in [1.807, 2.05) is 42.5 Å². The molecule has 0 aliphatic rings. The van der Waals surface area contributed by atoms with E-state index in [2.05, 4.69) is 10.3 Å². The van der Waals surface area contributed by atoms with Gasteiger partial charge in [0.2, 0.25) is 0 Å². The van der Waals surface area contributed by atoms with E-state index < -0.39 is 0 Å². The number of urea groups is 1. The summed E-state index contributed by atoms with van der Waals surface area (Å²) in [5, 5.41) is 12.2. The number of aliphatic hydroxyl groups excluding tert-OH is 1. The molecule has 0 radical (unpaired) electrons. The lowest BCUT2D eigenvalue weighted by Crippen LogP contribution is -2.39. The molecule has 0 saturated carbocycles. The zero-order valence-electron chi connectivity index (χ0n) is 13.4. The minimum Gasteiger partial charge on any atom is -0.396 e. The zero-order valence-corrected chi connectivity index (χ0v) is 13.4. The average molecular weight is 313 g/mol. The maximum absolute atomic E-state index is 12.2. The van der Waals surface area contributed by atoms with Crippen molar-refractivity contribution in [2.75, 3.05) is 20.2 Å². The highest BCUT2D eigenvalue weighted by molar-refractivity contribution is 5.73. The minimum absolute atomic E-state index is 0.0995. The first-order valence-electron chi connectivity index (χ1n) is 7.74. The summed E-state index contributed by atoms with van der Waals surface area (Å²) in [6, 6.07) is 13.6. The van der Waals surface area contributed by atoms with Crippen LogP contribution in [0.4, 0.5) is 4.79 Å². The fourth-order valence-corrected chi connectivity index (χ4v) is 2.45. The number of carbonyl (C=O) groups excluding carboxylic acids is 1. The average Bonchev–Trinajstić information content (AvgIpc) is 2.60. The first kappa shape index (κ1) is 17.0. The maximum atomic E-state index is 12.2. The van der Waals surface area contributed by atoms with Crippen molar-refractivity contribution in [1.29, 1.82) is 0 Å². The van der Waals surface area contributed by atoms with Crippen LogP contribution in [0.1, 0.15) is 23.5 Å². The minimum atomic E-state index is -0.124. The standard InChI is InChI=1S/C18H23N3O2/c1-21(14-15-7-10-19-11-8-15)18(23)20-13-17(9-12-22)16-5-3-2-4-6-16/h2-8,10-11,17,22H,9,12-14H2,1H3,(H,20,23). The van der Waals surface area contributed by atoms with Crippen LogP contribution in [0.15, 0.2) is 54.9 Å². The van der Waals surface area contributed by atoms with Crippen molar-refractivity contribution in [3.63, 3.8) is 0 Å². The van der Waals surface area contributed by atoms with E-state index in [9.17, 15) is 9.90 Å². The van der Waals surface area contributed by atoms with Crippen molar-refractivity contribution in [1.82, 2.24) is 15.2 Å². The Balaban J connectivity index is 1.88. The second-order valence-corrected chi connectivity index (χ2v) is 5.52. The maximum Gasteiger partial charge on any atom is 0.317 e. The molecule has 5 nitrogen and oxygen atoms in total. The second-order valence-electron chi connectivity index (χ2n) is 5.52. The summed E-state index contributed by atoms with van der Waals surface area (Å²) < 4.78 is 0. The molecule has 2 aromatic rings. The molecular formula is C18H23N3O2. The third-order valence-electron chi connectivity index (χ3n) is 3.76. The number of aliphatic hydroxyl groups is 1. The molecule has 1 heterocycles. The number of hydrogen-bond acceptors (Lipinski definition) is 3. The van der Waals surface area contributed by atoms with Gasteiger partial charge in [0.15, 0.2) is 0 Å². The molecule has 2 amide bonds. The molecule has 0 spiro atoms. The van der Waals surface area contributed by atoms with E-state index in [-0.39, 0.29) is 18.6 Å². The number of amides is 2. The molecule has 0 fully saturated rings. The molecule has 1 unspecified atom stereocenters. The van der Waals surface area contributed by atoms with E-state index >= 15 is 0 Å². The summed E-state index contributed by atoms with van der Waals surface area (Å²) >= 11 is 0. The first-order chi connectivity index (χ1) is 11.2. The lowest BCUT2D eigenvalue weighted by molar-refractivity contribution is 0.204. The van der Waals surface area contributed by atoms with Crippen molar-refractivity contribution >= 4 is 6.03 Å². The van der Waals surface area contributed by atoms with Crippen LogP contribution in [0.3, 0.4) is 0 Å². The summed E-state index contributed by atoms with van der Waals surface area (Å²) in [6.07, 6.45) is 4.06. The van der Waals surface area contributed by atoms with E-state index in [0.29, 0.717) is 19.5 Å². The Morgan fingerprint density at radius 3 is 2.57 bits per heavy atom. The molecule has 2 rings (SSSR count). The molecule has 5 heteroatoms. The van der Waals surface area contributed by atoms with Crippen LogP contribution in [-0.4, -0.2) is 41.2 Å². The van der Waals surface area contributed by atoms with E-state index in [0.717, 1.165) is 11.1 Å². The molecule has 2 N–H and O–H groups in total. The Morgan fingerprint density at radius 1 is 1.22 bits per heavy atom. The largest absolute Gasteiger partial charge is 0.396 e. The van der Waals surface area contributed by atoms with Crippen LogP contribution < -0.4 is 5.32 Å². The number of rotatable bonds is 7. The van der Waals surface area contributed by atoms with Gasteiger partial charge in [-0.25, -0.2) is 4.79 Å². The monoisotopic (exact) mass is 313 g/mol. The second kappa shape index (κ2) is 8.90. The lowest BCUT2D eigenvalue weighted by atomic mass is 9.96. The van der Waals surface area contributed by atoms with E-state index in [1.54, 1.807) is 24.3 Å². The summed E-state index contributed by atoms with van der Waals surface area (Å²) in [4.78, 5) is 17.8. The Morgan fingerprint density at radius 2 is 1.91 bits per heavy atom. The number of carbonyl (C=O) groups is 1. The third kappa shape index (κ3) is 5.38. The molecular weight excluding hydrogens is 290 g/mol. The highest BCUT2D eigenvalue weighted by Crippen LogP contribution is 2.18. The van der Waals surface area contributed by atoms with Gasteiger partial charge in [0.1, 0.15) is 0 Å². The number of aromatic nitrogens is 1. The Kier molecular flexibility index (Phi) is 6.56. The van der Waals surface area contributed by atoms with Crippen molar-refractivity contribution < 1.29 is 9.90 Å². The van der Waals surface area contributed by atoms with Crippen LogP contribution in [0.2, 0.25) is 0 Å².